The van der Waals surface area contributed by atoms with Crippen molar-refractivity contribution in [2.24, 2.45) is 5.92 Å². The van der Waals surface area contributed by atoms with Crippen molar-refractivity contribution in [1.82, 2.24) is 14.7 Å². The topological polar surface area (TPSA) is 81.2 Å². The summed E-state index contributed by atoms with van der Waals surface area (Å²) in [5.74, 6) is 0.0514. The van der Waals surface area contributed by atoms with Crippen molar-refractivity contribution in [2.75, 3.05) is 33.8 Å². The fourth-order valence-corrected chi connectivity index (χ4v) is 5.57. The van der Waals surface area contributed by atoms with E-state index in [0.717, 1.165) is 36.0 Å². The van der Waals surface area contributed by atoms with E-state index in [0.29, 0.717) is 12.1 Å². The molecule has 7 heteroatoms. The van der Waals surface area contributed by atoms with Crippen LogP contribution in [0.2, 0.25) is 0 Å². The van der Waals surface area contributed by atoms with Crippen LogP contribution in [0, 0.1) is 5.92 Å². The lowest BCUT2D eigenvalue weighted by Gasteiger charge is -2.59. The number of piperazine rings is 1. The smallest absolute Gasteiger partial charge is 0.253 e. The molecule has 1 N–H and O–H groups in total. The molecule has 2 aromatic carbocycles. The highest BCUT2D eigenvalue weighted by Crippen LogP contribution is 2.44. The number of hydrogen-bond acceptors (Lipinski definition) is 4. The molecule has 2 aromatic rings. The molecule has 1 saturated carbocycles. The van der Waals surface area contributed by atoms with Crippen molar-refractivity contribution in [1.29, 1.82) is 0 Å². The van der Waals surface area contributed by atoms with Gasteiger partial charge in [0.25, 0.3) is 5.91 Å². The van der Waals surface area contributed by atoms with Crippen LogP contribution in [0.3, 0.4) is 0 Å². The number of rotatable bonds is 5. The van der Waals surface area contributed by atoms with Crippen LogP contribution in [-0.4, -0.2) is 83.4 Å². The van der Waals surface area contributed by atoms with Gasteiger partial charge in [0.2, 0.25) is 11.8 Å². The van der Waals surface area contributed by atoms with Gasteiger partial charge in [-0.05, 0) is 41.7 Å². The number of aliphatic hydroxyl groups is 1. The van der Waals surface area contributed by atoms with Crippen LogP contribution in [-0.2, 0) is 9.59 Å². The number of hydrogen-bond donors (Lipinski definition) is 1. The molecule has 178 valence electrons. The SMILES string of the molecule is CN(C)C(=O)c1cccc(-c2ccc([C@H]3[C@H]4CN(C(=O)C5CCC5)CC(=O)N4[C@H]3CO)cc2)c1. The Bertz CT molecular complexity index is 1110. The Hall–Kier alpha value is -3.19. The molecule has 2 saturated heterocycles. The van der Waals surface area contributed by atoms with Crippen LogP contribution in [0.4, 0.5) is 0 Å². The van der Waals surface area contributed by atoms with E-state index < -0.39 is 0 Å². The molecule has 0 bridgehead atoms. The largest absolute Gasteiger partial charge is 0.394 e. The van der Waals surface area contributed by atoms with E-state index in [1.165, 1.54) is 0 Å². The molecular weight excluding hydrogens is 430 g/mol. The quantitative estimate of drug-likeness (QED) is 0.741. The van der Waals surface area contributed by atoms with E-state index in [2.05, 4.69) is 0 Å². The van der Waals surface area contributed by atoms with Crippen molar-refractivity contribution >= 4 is 17.7 Å². The van der Waals surface area contributed by atoms with Gasteiger partial charge in [0.05, 0.1) is 25.2 Å². The van der Waals surface area contributed by atoms with E-state index in [1.54, 1.807) is 28.8 Å². The Labute approximate surface area is 200 Å². The lowest BCUT2D eigenvalue weighted by Crippen LogP contribution is -2.73. The zero-order valence-corrected chi connectivity index (χ0v) is 19.7. The zero-order chi connectivity index (χ0) is 24.0. The van der Waals surface area contributed by atoms with Gasteiger partial charge in [-0.15, -0.1) is 0 Å². The van der Waals surface area contributed by atoms with Gasteiger partial charge in [0, 0.05) is 38.0 Å². The molecular formula is C27H31N3O4. The highest BCUT2D eigenvalue weighted by molar-refractivity contribution is 5.95. The molecule has 3 fully saturated rings. The molecule has 7 nitrogen and oxygen atoms in total. The first-order valence-corrected chi connectivity index (χ1v) is 12.0. The number of carbonyl (C=O) groups excluding carboxylic acids is 3. The van der Waals surface area contributed by atoms with Crippen LogP contribution >= 0.6 is 0 Å². The molecule has 0 spiro atoms. The summed E-state index contributed by atoms with van der Waals surface area (Å²) in [6.45, 7) is 0.550. The number of fused-ring (bicyclic) bond motifs is 1. The van der Waals surface area contributed by atoms with Crippen LogP contribution in [0.25, 0.3) is 11.1 Å². The lowest BCUT2D eigenvalue weighted by atomic mass is 9.73. The van der Waals surface area contributed by atoms with E-state index >= 15 is 0 Å². The predicted octanol–water partition coefficient (Wildman–Crippen LogP) is 2.35. The second kappa shape index (κ2) is 8.87. The summed E-state index contributed by atoms with van der Waals surface area (Å²) < 4.78 is 0. The van der Waals surface area contributed by atoms with E-state index in [-0.39, 0.29) is 54.8 Å². The predicted molar refractivity (Wildman–Crippen MR) is 128 cm³/mol. The van der Waals surface area contributed by atoms with E-state index in [1.807, 2.05) is 48.5 Å². The lowest BCUT2D eigenvalue weighted by molar-refractivity contribution is -0.169. The minimum atomic E-state index is -0.259. The molecule has 3 amide bonds. The summed E-state index contributed by atoms with van der Waals surface area (Å²) in [5, 5.41) is 10.0. The second-order valence-corrected chi connectivity index (χ2v) is 9.89. The highest BCUT2D eigenvalue weighted by Gasteiger charge is 2.54. The van der Waals surface area contributed by atoms with E-state index in [4.69, 9.17) is 0 Å². The average molecular weight is 462 g/mol. The number of amides is 3. The van der Waals surface area contributed by atoms with Gasteiger partial charge in [0.1, 0.15) is 0 Å². The van der Waals surface area contributed by atoms with Gasteiger partial charge in [-0.3, -0.25) is 14.4 Å². The van der Waals surface area contributed by atoms with Gasteiger partial charge < -0.3 is 19.8 Å². The molecule has 3 atom stereocenters. The maximum atomic E-state index is 12.8. The van der Waals surface area contributed by atoms with Gasteiger partial charge >= 0.3 is 0 Å². The van der Waals surface area contributed by atoms with Crippen LogP contribution < -0.4 is 0 Å². The summed E-state index contributed by atoms with van der Waals surface area (Å²) in [5.41, 5.74) is 3.64. The summed E-state index contributed by atoms with van der Waals surface area (Å²) in [6, 6.07) is 15.3. The normalized spacial score (nSPS) is 24.2. The zero-order valence-electron chi connectivity index (χ0n) is 19.7. The molecule has 5 rings (SSSR count). The Kier molecular flexibility index (Phi) is 5.90. The van der Waals surface area contributed by atoms with Crippen molar-refractivity contribution in [3.63, 3.8) is 0 Å². The number of carbonyl (C=O) groups is 3. The van der Waals surface area contributed by atoms with Gasteiger partial charge in [-0.2, -0.15) is 0 Å². The van der Waals surface area contributed by atoms with Gasteiger partial charge in [-0.25, -0.2) is 0 Å². The maximum absolute atomic E-state index is 12.8. The summed E-state index contributed by atoms with van der Waals surface area (Å²) in [7, 11) is 3.47. The van der Waals surface area contributed by atoms with Crippen molar-refractivity contribution in [2.45, 2.75) is 37.3 Å². The molecule has 2 heterocycles. The first-order valence-electron chi connectivity index (χ1n) is 12.0. The minimum absolute atomic E-state index is 0.0124. The van der Waals surface area contributed by atoms with Crippen LogP contribution in [0.15, 0.2) is 48.5 Å². The summed E-state index contributed by atoms with van der Waals surface area (Å²) >= 11 is 0. The number of benzene rings is 2. The molecule has 2 aliphatic heterocycles. The number of nitrogens with zero attached hydrogens (tertiary/aromatic N) is 3. The Balaban J connectivity index is 1.36. The maximum Gasteiger partial charge on any atom is 0.253 e. The number of aliphatic hydroxyl groups excluding tert-OH is 1. The molecule has 34 heavy (non-hydrogen) atoms. The third-order valence-corrected chi connectivity index (χ3v) is 7.66. The van der Waals surface area contributed by atoms with Gasteiger partial charge in [0.15, 0.2) is 0 Å². The fraction of sp³-hybridized carbons (Fsp3) is 0.444. The van der Waals surface area contributed by atoms with Crippen molar-refractivity contribution < 1.29 is 19.5 Å². The third kappa shape index (κ3) is 3.78. The minimum Gasteiger partial charge on any atom is -0.394 e. The Morgan fingerprint density at radius 2 is 1.79 bits per heavy atom. The van der Waals surface area contributed by atoms with Crippen LogP contribution in [0.1, 0.15) is 41.1 Å². The van der Waals surface area contributed by atoms with Gasteiger partial charge in [-0.1, -0.05) is 42.8 Å². The monoisotopic (exact) mass is 461 g/mol. The first kappa shape index (κ1) is 22.6. The van der Waals surface area contributed by atoms with E-state index in [9.17, 15) is 19.5 Å². The standard InChI is InChI=1S/C27H31N3O4/c1-28(2)26(33)21-8-4-7-20(13-21)17-9-11-18(12-10-17)25-22-14-29(27(34)19-5-3-6-19)15-24(32)30(22)23(25)16-31/h4,7-13,19,22-23,25,31H,3,5-6,14-16H2,1-2H3/t22-,23+,25+/m1/s1. The summed E-state index contributed by atoms with van der Waals surface area (Å²) in [4.78, 5) is 43.0. The van der Waals surface area contributed by atoms with Crippen LogP contribution in [0.5, 0.6) is 0 Å². The highest BCUT2D eigenvalue weighted by atomic mass is 16.3. The Morgan fingerprint density at radius 3 is 2.41 bits per heavy atom. The summed E-state index contributed by atoms with van der Waals surface area (Å²) in [6.07, 6.45) is 2.92. The molecule has 3 aliphatic rings. The molecule has 0 radical (unpaired) electrons. The average Bonchev–Trinajstić information content (AvgIpc) is 2.79. The second-order valence-electron chi connectivity index (χ2n) is 9.89. The first-order chi connectivity index (χ1) is 16.4. The Morgan fingerprint density at radius 1 is 1.06 bits per heavy atom. The molecule has 1 aliphatic carbocycles. The van der Waals surface area contributed by atoms with Crippen molar-refractivity contribution in [3.8, 4) is 11.1 Å². The molecule has 0 aromatic heterocycles. The fourth-order valence-electron chi connectivity index (χ4n) is 5.57. The molecule has 0 unspecified atom stereocenters. The van der Waals surface area contributed by atoms with Crippen molar-refractivity contribution in [3.05, 3.63) is 59.7 Å². The third-order valence-electron chi connectivity index (χ3n) is 7.66.